The van der Waals surface area contributed by atoms with Gasteiger partial charge in [0.05, 0.1) is 12.8 Å². The fourth-order valence-electron chi connectivity index (χ4n) is 3.00. The van der Waals surface area contributed by atoms with Crippen molar-refractivity contribution in [3.05, 3.63) is 42.1 Å². The Morgan fingerprint density at radius 1 is 1.10 bits per heavy atom. The highest BCUT2D eigenvalue weighted by molar-refractivity contribution is 5.62. The van der Waals surface area contributed by atoms with Crippen LogP contribution in [0, 0.1) is 0 Å². The maximum Gasteiger partial charge on any atom is 0.143 e. The van der Waals surface area contributed by atoms with E-state index in [2.05, 4.69) is 34.1 Å². The van der Waals surface area contributed by atoms with Crippen LogP contribution in [0.5, 0.6) is 5.75 Å². The Hall–Kier alpha value is -2.10. The normalized spacial score (nSPS) is 18.6. The van der Waals surface area contributed by atoms with Gasteiger partial charge in [-0.25, -0.2) is 0 Å². The summed E-state index contributed by atoms with van der Waals surface area (Å²) in [7, 11) is 1.66. The summed E-state index contributed by atoms with van der Waals surface area (Å²) in [6, 6.07) is 6.04. The minimum Gasteiger partial charge on any atom is -0.495 e. The summed E-state index contributed by atoms with van der Waals surface area (Å²) < 4.78 is 5.31. The number of benzene rings is 1. The molecule has 21 heavy (non-hydrogen) atoms. The van der Waals surface area contributed by atoms with Crippen molar-refractivity contribution in [3.63, 3.8) is 0 Å². The molecule has 0 spiro atoms. The number of rotatable bonds is 3. The third kappa shape index (κ3) is 2.99. The molecule has 4 nitrogen and oxygen atoms in total. The largest absolute Gasteiger partial charge is 0.495 e. The molecule has 0 atom stereocenters. The average Bonchev–Trinajstić information content (AvgIpc) is 2.56. The van der Waals surface area contributed by atoms with Crippen LogP contribution in [0.2, 0.25) is 0 Å². The van der Waals surface area contributed by atoms with E-state index < -0.39 is 0 Å². The molecule has 2 N–H and O–H groups in total. The highest BCUT2D eigenvalue weighted by atomic mass is 16.5. The van der Waals surface area contributed by atoms with Gasteiger partial charge in [0, 0.05) is 43.6 Å². The van der Waals surface area contributed by atoms with Gasteiger partial charge in [-0.3, -0.25) is 0 Å². The zero-order valence-electron chi connectivity index (χ0n) is 12.6. The zero-order valence-corrected chi connectivity index (χ0v) is 12.6. The van der Waals surface area contributed by atoms with Gasteiger partial charge in [0.15, 0.2) is 0 Å². The van der Waals surface area contributed by atoms with Crippen LogP contribution in [0.25, 0.3) is 0 Å². The fourth-order valence-corrected chi connectivity index (χ4v) is 3.00. The van der Waals surface area contributed by atoms with Crippen molar-refractivity contribution in [2.24, 2.45) is 0 Å². The summed E-state index contributed by atoms with van der Waals surface area (Å²) in [6.45, 7) is 4.22. The Labute approximate surface area is 126 Å². The van der Waals surface area contributed by atoms with E-state index in [9.17, 15) is 0 Å². The monoisotopic (exact) mass is 285 g/mol. The molecule has 1 saturated heterocycles. The van der Waals surface area contributed by atoms with Gasteiger partial charge in [-0.1, -0.05) is 12.2 Å². The summed E-state index contributed by atoms with van der Waals surface area (Å²) in [5.41, 5.74) is 9.25. The van der Waals surface area contributed by atoms with Crippen molar-refractivity contribution in [2.75, 3.05) is 43.9 Å². The van der Waals surface area contributed by atoms with Gasteiger partial charge in [0.1, 0.15) is 5.75 Å². The lowest BCUT2D eigenvalue weighted by atomic mass is 10.1. The van der Waals surface area contributed by atoms with Crippen LogP contribution < -0.4 is 15.4 Å². The number of allylic oxidation sites excluding steroid dienone is 4. The highest BCUT2D eigenvalue weighted by Crippen LogP contribution is 2.28. The molecular weight excluding hydrogens is 262 g/mol. The average molecular weight is 285 g/mol. The summed E-state index contributed by atoms with van der Waals surface area (Å²) >= 11 is 0. The lowest BCUT2D eigenvalue weighted by Crippen LogP contribution is -2.46. The van der Waals surface area contributed by atoms with E-state index in [4.69, 9.17) is 10.5 Å². The van der Waals surface area contributed by atoms with Crippen molar-refractivity contribution in [1.82, 2.24) is 4.90 Å². The lowest BCUT2D eigenvalue weighted by Gasteiger charge is -2.39. The third-order valence-corrected chi connectivity index (χ3v) is 4.26. The van der Waals surface area contributed by atoms with Crippen LogP contribution in [0.3, 0.4) is 0 Å². The Balaban J connectivity index is 1.65. The van der Waals surface area contributed by atoms with Gasteiger partial charge in [-0.2, -0.15) is 0 Å². The van der Waals surface area contributed by atoms with Gasteiger partial charge in [0.25, 0.3) is 0 Å². The van der Waals surface area contributed by atoms with Crippen molar-refractivity contribution in [3.8, 4) is 5.75 Å². The molecule has 1 heterocycles. The number of anilines is 2. The first kappa shape index (κ1) is 13.9. The summed E-state index contributed by atoms with van der Waals surface area (Å²) in [5, 5.41) is 0. The van der Waals surface area contributed by atoms with Crippen molar-refractivity contribution in [2.45, 2.75) is 12.8 Å². The van der Waals surface area contributed by atoms with Crippen molar-refractivity contribution in [1.29, 1.82) is 0 Å². The topological polar surface area (TPSA) is 41.7 Å². The second-order valence-electron chi connectivity index (χ2n) is 5.53. The maximum absolute atomic E-state index is 5.88. The Kier molecular flexibility index (Phi) is 4.04. The predicted molar refractivity (Wildman–Crippen MR) is 87.6 cm³/mol. The molecule has 1 fully saturated rings. The molecule has 0 saturated carbocycles. The molecule has 1 aromatic carbocycles. The molecule has 1 aliphatic heterocycles. The smallest absolute Gasteiger partial charge is 0.143 e. The van der Waals surface area contributed by atoms with Gasteiger partial charge < -0.3 is 20.3 Å². The molecule has 112 valence electrons. The van der Waals surface area contributed by atoms with E-state index in [1.54, 1.807) is 7.11 Å². The molecule has 0 bridgehead atoms. The number of hydrogen-bond acceptors (Lipinski definition) is 4. The third-order valence-electron chi connectivity index (χ3n) is 4.26. The van der Waals surface area contributed by atoms with E-state index in [1.165, 1.54) is 24.2 Å². The van der Waals surface area contributed by atoms with Crippen LogP contribution in [0.1, 0.15) is 12.8 Å². The summed E-state index contributed by atoms with van der Waals surface area (Å²) in [6.07, 6.45) is 9.01. The number of piperazine rings is 1. The first-order valence-corrected chi connectivity index (χ1v) is 7.57. The molecule has 0 amide bonds. The molecule has 4 heteroatoms. The van der Waals surface area contributed by atoms with Crippen LogP contribution in [-0.2, 0) is 0 Å². The number of nitrogens with zero attached hydrogens (tertiary/aromatic N) is 2. The number of hydrogen-bond donors (Lipinski definition) is 1. The molecule has 2 aliphatic rings. The maximum atomic E-state index is 5.88. The van der Waals surface area contributed by atoms with E-state index in [1.807, 2.05) is 12.1 Å². The minimum atomic E-state index is 0.694. The molecule has 1 aromatic rings. The van der Waals surface area contributed by atoms with Crippen molar-refractivity contribution >= 4 is 11.4 Å². The standard InChI is InChI=1S/C17H23N3O/c1-21-17-13-15(7-8-16(17)18)20-11-9-19(10-12-20)14-5-3-2-4-6-14/h2-3,5,7-8,13H,4,6,9-12,18H2,1H3. The zero-order chi connectivity index (χ0) is 14.7. The molecule has 3 rings (SSSR count). The van der Waals surface area contributed by atoms with E-state index in [0.717, 1.165) is 31.9 Å². The SMILES string of the molecule is COc1cc(N2CCN(C3=CC=CCC3)CC2)ccc1N. The fraction of sp³-hybridized carbons (Fsp3) is 0.412. The number of ether oxygens (including phenoxy) is 1. The molecule has 0 radical (unpaired) electrons. The Bertz CT molecular complexity index is 557. The molecule has 0 unspecified atom stereocenters. The van der Waals surface area contributed by atoms with E-state index in [0.29, 0.717) is 5.69 Å². The lowest BCUT2D eigenvalue weighted by molar-refractivity contribution is 0.310. The first-order valence-electron chi connectivity index (χ1n) is 7.57. The van der Waals surface area contributed by atoms with Crippen LogP contribution >= 0.6 is 0 Å². The van der Waals surface area contributed by atoms with Gasteiger partial charge in [-0.15, -0.1) is 0 Å². The van der Waals surface area contributed by atoms with Crippen LogP contribution in [-0.4, -0.2) is 38.2 Å². The van der Waals surface area contributed by atoms with E-state index >= 15 is 0 Å². The van der Waals surface area contributed by atoms with Crippen LogP contribution in [0.4, 0.5) is 11.4 Å². The van der Waals surface area contributed by atoms with Gasteiger partial charge >= 0.3 is 0 Å². The minimum absolute atomic E-state index is 0.694. The quantitative estimate of drug-likeness (QED) is 0.867. The molecule has 0 aromatic heterocycles. The van der Waals surface area contributed by atoms with Gasteiger partial charge in [-0.05, 0) is 31.1 Å². The number of methoxy groups -OCH3 is 1. The van der Waals surface area contributed by atoms with Crippen LogP contribution in [0.15, 0.2) is 42.1 Å². The molecule has 1 aliphatic carbocycles. The predicted octanol–water partition coefficient (Wildman–Crippen LogP) is 2.63. The second-order valence-corrected chi connectivity index (χ2v) is 5.53. The summed E-state index contributed by atoms with van der Waals surface area (Å²) in [4.78, 5) is 4.91. The highest BCUT2D eigenvalue weighted by Gasteiger charge is 2.19. The number of nitrogen functional groups attached to an aromatic ring is 1. The Morgan fingerprint density at radius 2 is 1.86 bits per heavy atom. The summed E-state index contributed by atoms with van der Waals surface area (Å²) in [5.74, 6) is 0.759. The Morgan fingerprint density at radius 3 is 2.52 bits per heavy atom. The second kappa shape index (κ2) is 6.12. The van der Waals surface area contributed by atoms with Gasteiger partial charge in [0.2, 0.25) is 0 Å². The van der Waals surface area contributed by atoms with Crippen molar-refractivity contribution < 1.29 is 4.74 Å². The first-order chi connectivity index (χ1) is 10.3. The number of nitrogens with two attached hydrogens (primary N) is 1. The molecular formula is C17H23N3O. The van der Waals surface area contributed by atoms with E-state index in [-0.39, 0.29) is 0 Å².